The Morgan fingerprint density at radius 2 is 2.33 bits per heavy atom. The number of piperidine rings is 1. The summed E-state index contributed by atoms with van der Waals surface area (Å²) in [7, 11) is 0. The lowest BCUT2D eigenvalue weighted by molar-refractivity contribution is 0.0913. The third-order valence-electron chi connectivity index (χ3n) is 3.21. The third kappa shape index (κ3) is 3.11. The fourth-order valence-corrected chi connectivity index (χ4v) is 2.17. The van der Waals surface area contributed by atoms with Crippen LogP contribution in [0.4, 0.5) is 0 Å². The standard InChI is InChI=1S/C13H17N3O2/c1-10-8-11(9-18-10)13(17)15-12-2-5-16(6-3-12)7-4-14/h8-9,12H,2-3,5-7H2,1H3,(H,15,17). The van der Waals surface area contributed by atoms with Gasteiger partial charge < -0.3 is 9.73 Å². The number of amides is 1. The van der Waals surface area contributed by atoms with Gasteiger partial charge in [-0.15, -0.1) is 0 Å². The van der Waals surface area contributed by atoms with E-state index in [1.165, 1.54) is 6.26 Å². The highest BCUT2D eigenvalue weighted by molar-refractivity contribution is 5.94. The summed E-state index contributed by atoms with van der Waals surface area (Å²) in [6, 6.07) is 4.08. The maximum absolute atomic E-state index is 11.9. The lowest BCUT2D eigenvalue weighted by Crippen LogP contribution is -2.44. The van der Waals surface area contributed by atoms with Crippen LogP contribution in [0.25, 0.3) is 0 Å². The van der Waals surface area contributed by atoms with E-state index in [4.69, 9.17) is 9.68 Å². The molecule has 0 aliphatic carbocycles. The Labute approximate surface area is 106 Å². The molecule has 96 valence electrons. The van der Waals surface area contributed by atoms with Gasteiger partial charge in [0.25, 0.3) is 5.91 Å². The van der Waals surface area contributed by atoms with Gasteiger partial charge in [0.15, 0.2) is 0 Å². The highest BCUT2D eigenvalue weighted by atomic mass is 16.3. The molecule has 0 unspecified atom stereocenters. The molecule has 1 saturated heterocycles. The van der Waals surface area contributed by atoms with Crippen molar-refractivity contribution in [1.82, 2.24) is 10.2 Å². The molecule has 1 aromatic heterocycles. The van der Waals surface area contributed by atoms with E-state index >= 15 is 0 Å². The minimum atomic E-state index is -0.0782. The molecule has 2 rings (SSSR count). The first-order valence-electron chi connectivity index (χ1n) is 6.14. The number of rotatable bonds is 3. The van der Waals surface area contributed by atoms with E-state index in [0.29, 0.717) is 12.1 Å². The highest BCUT2D eigenvalue weighted by Gasteiger charge is 2.21. The number of hydrogen-bond acceptors (Lipinski definition) is 4. The zero-order valence-corrected chi connectivity index (χ0v) is 10.5. The predicted molar refractivity (Wildman–Crippen MR) is 66.0 cm³/mol. The lowest BCUT2D eigenvalue weighted by atomic mass is 10.0. The second-order valence-electron chi connectivity index (χ2n) is 4.63. The van der Waals surface area contributed by atoms with E-state index < -0.39 is 0 Å². The van der Waals surface area contributed by atoms with Gasteiger partial charge in [-0.05, 0) is 25.8 Å². The second-order valence-corrected chi connectivity index (χ2v) is 4.63. The van der Waals surface area contributed by atoms with Gasteiger partial charge in [0, 0.05) is 19.1 Å². The number of hydrogen-bond donors (Lipinski definition) is 1. The molecule has 2 heterocycles. The second kappa shape index (κ2) is 5.69. The summed E-state index contributed by atoms with van der Waals surface area (Å²) in [4.78, 5) is 14.0. The Morgan fingerprint density at radius 3 is 2.89 bits per heavy atom. The molecule has 1 aliphatic heterocycles. The van der Waals surface area contributed by atoms with Crippen LogP contribution < -0.4 is 5.32 Å². The predicted octanol–water partition coefficient (Wildman–Crippen LogP) is 1.31. The zero-order chi connectivity index (χ0) is 13.0. The summed E-state index contributed by atoms with van der Waals surface area (Å²) in [6.45, 7) is 4.02. The minimum Gasteiger partial charge on any atom is -0.469 e. The summed E-state index contributed by atoms with van der Waals surface area (Å²) in [6.07, 6.45) is 3.27. The van der Waals surface area contributed by atoms with Crippen LogP contribution in [-0.2, 0) is 0 Å². The number of nitrogens with one attached hydrogen (secondary N) is 1. The topological polar surface area (TPSA) is 69.3 Å². The Hall–Kier alpha value is -1.80. The molecule has 1 fully saturated rings. The van der Waals surface area contributed by atoms with Crippen molar-refractivity contribution in [3.63, 3.8) is 0 Å². The van der Waals surface area contributed by atoms with E-state index in [9.17, 15) is 4.79 Å². The molecule has 18 heavy (non-hydrogen) atoms. The third-order valence-corrected chi connectivity index (χ3v) is 3.21. The number of carbonyl (C=O) groups excluding carboxylic acids is 1. The summed E-state index contributed by atoms with van der Waals surface area (Å²) in [5, 5.41) is 11.6. The molecule has 1 aromatic rings. The molecule has 5 heteroatoms. The van der Waals surface area contributed by atoms with Gasteiger partial charge in [-0.2, -0.15) is 5.26 Å². The number of furan rings is 1. The van der Waals surface area contributed by atoms with Crippen molar-refractivity contribution in [2.75, 3.05) is 19.6 Å². The van der Waals surface area contributed by atoms with Crippen LogP contribution in [-0.4, -0.2) is 36.5 Å². The van der Waals surface area contributed by atoms with Crippen LogP contribution in [0.1, 0.15) is 29.0 Å². The molecule has 1 N–H and O–H groups in total. The zero-order valence-electron chi connectivity index (χ0n) is 10.5. The van der Waals surface area contributed by atoms with Crippen LogP contribution in [0.5, 0.6) is 0 Å². The van der Waals surface area contributed by atoms with E-state index in [0.717, 1.165) is 31.7 Å². The molecule has 0 atom stereocenters. The van der Waals surface area contributed by atoms with Crippen molar-refractivity contribution >= 4 is 5.91 Å². The Morgan fingerprint density at radius 1 is 1.61 bits per heavy atom. The number of carbonyl (C=O) groups is 1. The molecule has 5 nitrogen and oxygen atoms in total. The SMILES string of the molecule is Cc1cc(C(=O)NC2CCN(CC#N)CC2)co1. The molecule has 0 saturated carbocycles. The summed E-state index contributed by atoms with van der Waals surface area (Å²) in [5.74, 6) is 0.662. The Kier molecular flexibility index (Phi) is 4.00. The molecule has 0 bridgehead atoms. The van der Waals surface area contributed by atoms with Gasteiger partial charge >= 0.3 is 0 Å². The smallest absolute Gasteiger partial charge is 0.254 e. The van der Waals surface area contributed by atoms with Gasteiger partial charge in [0.05, 0.1) is 18.2 Å². The minimum absolute atomic E-state index is 0.0782. The monoisotopic (exact) mass is 247 g/mol. The number of nitriles is 1. The van der Waals surface area contributed by atoms with Gasteiger partial charge in [0.1, 0.15) is 12.0 Å². The first-order valence-corrected chi connectivity index (χ1v) is 6.14. The average molecular weight is 247 g/mol. The van der Waals surface area contributed by atoms with E-state index in [1.807, 2.05) is 6.92 Å². The fraction of sp³-hybridized carbons (Fsp3) is 0.538. The van der Waals surface area contributed by atoms with Crippen LogP contribution in [0, 0.1) is 18.3 Å². The quantitative estimate of drug-likeness (QED) is 0.817. The molecular weight excluding hydrogens is 230 g/mol. The van der Waals surface area contributed by atoms with E-state index in [2.05, 4.69) is 16.3 Å². The van der Waals surface area contributed by atoms with Crippen LogP contribution in [0.2, 0.25) is 0 Å². The molecule has 1 aliphatic rings. The van der Waals surface area contributed by atoms with Gasteiger partial charge in [-0.3, -0.25) is 9.69 Å². The maximum Gasteiger partial charge on any atom is 0.254 e. The first kappa shape index (κ1) is 12.7. The molecule has 0 aromatic carbocycles. The highest BCUT2D eigenvalue weighted by Crippen LogP contribution is 2.12. The van der Waals surface area contributed by atoms with Crippen LogP contribution >= 0.6 is 0 Å². The van der Waals surface area contributed by atoms with Crippen molar-refractivity contribution in [1.29, 1.82) is 5.26 Å². The van der Waals surface area contributed by atoms with Crippen molar-refractivity contribution < 1.29 is 9.21 Å². The van der Waals surface area contributed by atoms with Crippen LogP contribution in [0.3, 0.4) is 0 Å². The van der Waals surface area contributed by atoms with Gasteiger partial charge in [-0.25, -0.2) is 0 Å². The normalized spacial score (nSPS) is 17.3. The average Bonchev–Trinajstić information content (AvgIpc) is 2.79. The van der Waals surface area contributed by atoms with Crippen molar-refractivity contribution in [3.05, 3.63) is 23.7 Å². The van der Waals surface area contributed by atoms with E-state index in [-0.39, 0.29) is 11.9 Å². The lowest BCUT2D eigenvalue weighted by Gasteiger charge is -2.30. The van der Waals surface area contributed by atoms with Gasteiger partial charge in [-0.1, -0.05) is 0 Å². The Bertz CT molecular complexity index is 453. The summed E-state index contributed by atoms with van der Waals surface area (Å²) < 4.78 is 5.12. The molecule has 0 spiro atoms. The number of aryl methyl sites for hydroxylation is 1. The summed E-state index contributed by atoms with van der Waals surface area (Å²) in [5.41, 5.74) is 0.576. The number of likely N-dealkylation sites (tertiary alicyclic amines) is 1. The molecule has 1 amide bonds. The number of nitrogens with zero attached hydrogens (tertiary/aromatic N) is 2. The largest absolute Gasteiger partial charge is 0.469 e. The van der Waals surface area contributed by atoms with Crippen molar-refractivity contribution in [3.8, 4) is 6.07 Å². The summed E-state index contributed by atoms with van der Waals surface area (Å²) >= 11 is 0. The molecular formula is C13H17N3O2. The van der Waals surface area contributed by atoms with Crippen molar-refractivity contribution in [2.24, 2.45) is 0 Å². The van der Waals surface area contributed by atoms with Gasteiger partial charge in [0.2, 0.25) is 0 Å². The van der Waals surface area contributed by atoms with E-state index in [1.54, 1.807) is 6.07 Å². The Balaban J connectivity index is 1.81. The van der Waals surface area contributed by atoms with Crippen LogP contribution in [0.15, 0.2) is 16.7 Å². The first-order chi connectivity index (χ1) is 8.69. The fourth-order valence-electron chi connectivity index (χ4n) is 2.17. The maximum atomic E-state index is 11.9. The molecule has 0 radical (unpaired) electrons. The van der Waals surface area contributed by atoms with Crippen molar-refractivity contribution in [2.45, 2.75) is 25.8 Å².